The Labute approximate surface area is 289 Å². The third-order valence-corrected chi connectivity index (χ3v) is 9.86. The maximum absolute atomic E-state index is 11.0. The van der Waals surface area contributed by atoms with E-state index in [9.17, 15) is 10.2 Å². The van der Waals surface area contributed by atoms with Gasteiger partial charge in [-0.05, 0) is 37.3 Å². The van der Waals surface area contributed by atoms with Crippen LogP contribution in [0.3, 0.4) is 0 Å². The molecular formula is C38H72O5S2. The normalized spacial score (nSPS) is 19.9. The second kappa shape index (κ2) is 31.0. The fourth-order valence-corrected chi connectivity index (χ4v) is 6.79. The molecule has 1 rings (SSSR count). The summed E-state index contributed by atoms with van der Waals surface area (Å²) in [5.41, 5.74) is 0. The number of ether oxygens (including phenoxy) is 3. The smallest absolute Gasteiger partial charge is 0.160 e. The highest BCUT2D eigenvalue weighted by Gasteiger charge is 2.42. The number of aliphatic hydroxyl groups excluding tert-OH is 2. The summed E-state index contributed by atoms with van der Waals surface area (Å²) in [6, 6.07) is 0. The van der Waals surface area contributed by atoms with Crippen LogP contribution in [0.4, 0.5) is 0 Å². The van der Waals surface area contributed by atoms with Crippen molar-refractivity contribution in [3.63, 3.8) is 0 Å². The zero-order chi connectivity index (χ0) is 32.8. The van der Waals surface area contributed by atoms with E-state index in [-0.39, 0.29) is 13.2 Å². The summed E-state index contributed by atoms with van der Waals surface area (Å²) in [6.07, 6.45) is 32.5. The molecule has 0 unspecified atom stereocenters. The van der Waals surface area contributed by atoms with Crippen LogP contribution in [-0.2, 0) is 14.2 Å². The second-order valence-electron chi connectivity index (χ2n) is 13.5. The maximum Gasteiger partial charge on any atom is 0.160 e. The van der Waals surface area contributed by atoms with Crippen molar-refractivity contribution < 1.29 is 24.4 Å². The van der Waals surface area contributed by atoms with Gasteiger partial charge in [-0.3, -0.25) is 0 Å². The number of thiocarbonyl (C=S) groups is 2. The maximum atomic E-state index is 11.0. The van der Waals surface area contributed by atoms with Gasteiger partial charge in [0.2, 0.25) is 0 Å². The molecule has 5 nitrogen and oxygen atoms in total. The van der Waals surface area contributed by atoms with Gasteiger partial charge < -0.3 is 24.4 Å². The topological polar surface area (TPSA) is 68.2 Å². The monoisotopic (exact) mass is 672 g/mol. The Bertz CT molecular complexity index is 691. The molecule has 0 aromatic carbocycles. The Morgan fingerprint density at radius 2 is 0.889 bits per heavy atom. The standard InChI is InChI=1S/C38H72O5S2/c1-3-5-7-9-11-13-15-17-19-21-23-25-27-29-35(44)42-34-32-41-33(31-39)38(37(34)40)43-36(45)30-28-26-24-22-20-18-16-14-12-10-8-6-4-2/h33-34,37-40H,3-32H2,1-2H3/t33-,34+,37-,38-/m1/s1. The molecule has 1 aliphatic heterocycles. The Morgan fingerprint density at radius 1 is 0.556 bits per heavy atom. The van der Waals surface area contributed by atoms with Crippen molar-refractivity contribution >= 4 is 34.5 Å². The molecule has 0 amide bonds. The predicted octanol–water partition coefficient (Wildman–Crippen LogP) is 11.1. The first kappa shape index (κ1) is 42.7. The SMILES string of the molecule is CCCCCCCCCCCCCCCC(=S)O[C@H]1[C@H](O)[C@@H](OC(=S)CCCCCCCCCCCCCCC)CO[C@@H]1CO. The molecule has 0 saturated carbocycles. The molecule has 1 aliphatic rings. The molecule has 1 saturated heterocycles. The van der Waals surface area contributed by atoms with E-state index in [2.05, 4.69) is 13.8 Å². The number of unbranched alkanes of at least 4 members (excludes halogenated alkanes) is 24. The molecular weight excluding hydrogens is 601 g/mol. The zero-order valence-electron chi connectivity index (χ0n) is 29.5. The van der Waals surface area contributed by atoms with Crippen molar-refractivity contribution in [1.82, 2.24) is 0 Å². The van der Waals surface area contributed by atoms with Crippen LogP contribution in [0.1, 0.15) is 194 Å². The number of aliphatic hydroxyl groups is 2. The number of hydrogen-bond donors (Lipinski definition) is 2. The van der Waals surface area contributed by atoms with Crippen LogP contribution in [-0.4, -0.2) is 57.9 Å². The number of rotatable bonds is 31. The van der Waals surface area contributed by atoms with Gasteiger partial charge in [0.25, 0.3) is 0 Å². The Kier molecular flexibility index (Phi) is 29.4. The zero-order valence-corrected chi connectivity index (χ0v) is 31.1. The highest BCUT2D eigenvalue weighted by atomic mass is 32.1. The van der Waals surface area contributed by atoms with Gasteiger partial charge in [-0.25, -0.2) is 0 Å². The van der Waals surface area contributed by atoms with Gasteiger partial charge in [0.1, 0.15) is 12.2 Å². The molecule has 1 fully saturated rings. The minimum Gasteiger partial charge on any atom is -0.479 e. The van der Waals surface area contributed by atoms with E-state index in [1.54, 1.807) is 0 Å². The third-order valence-electron chi connectivity index (χ3n) is 9.26. The first-order chi connectivity index (χ1) is 22.0. The van der Waals surface area contributed by atoms with Gasteiger partial charge >= 0.3 is 0 Å². The van der Waals surface area contributed by atoms with E-state index in [1.165, 1.54) is 141 Å². The molecule has 45 heavy (non-hydrogen) atoms. The van der Waals surface area contributed by atoms with E-state index in [4.69, 9.17) is 38.6 Å². The van der Waals surface area contributed by atoms with E-state index in [0.717, 1.165) is 25.7 Å². The lowest BCUT2D eigenvalue weighted by Gasteiger charge is -2.39. The molecule has 2 N–H and O–H groups in total. The van der Waals surface area contributed by atoms with Crippen LogP contribution in [0.5, 0.6) is 0 Å². The number of hydrogen-bond acceptors (Lipinski definition) is 7. The van der Waals surface area contributed by atoms with Crippen molar-refractivity contribution in [2.45, 2.75) is 218 Å². The van der Waals surface area contributed by atoms with Crippen LogP contribution in [0.25, 0.3) is 0 Å². The first-order valence-corrected chi connectivity index (χ1v) is 20.1. The summed E-state index contributed by atoms with van der Waals surface area (Å²) in [6.45, 7) is 4.48. The molecule has 4 atom stereocenters. The average Bonchev–Trinajstić information content (AvgIpc) is 3.03. The van der Waals surface area contributed by atoms with Crippen molar-refractivity contribution in [2.75, 3.05) is 13.2 Å². The molecule has 0 radical (unpaired) electrons. The van der Waals surface area contributed by atoms with Crippen LogP contribution < -0.4 is 0 Å². The van der Waals surface area contributed by atoms with Crippen LogP contribution in [0, 0.1) is 0 Å². The average molecular weight is 673 g/mol. The van der Waals surface area contributed by atoms with Crippen molar-refractivity contribution in [1.29, 1.82) is 0 Å². The molecule has 0 aromatic rings. The lowest BCUT2D eigenvalue weighted by atomic mass is 10.00. The van der Waals surface area contributed by atoms with E-state index in [0.29, 0.717) is 22.9 Å². The van der Waals surface area contributed by atoms with E-state index in [1.807, 2.05) is 0 Å². The van der Waals surface area contributed by atoms with E-state index < -0.39 is 24.4 Å². The van der Waals surface area contributed by atoms with Crippen molar-refractivity contribution in [2.24, 2.45) is 0 Å². The summed E-state index contributed by atoms with van der Waals surface area (Å²) in [5, 5.41) is 21.8. The van der Waals surface area contributed by atoms with Crippen LogP contribution >= 0.6 is 24.4 Å². The summed E-state index contributed by atoms with van der Waals surface area (Å²) < 4.78 is 17.7. The van der Waals surface area contributed by atoms with Crippen LogP contribution in [0.15, 0.2) is 0 Å². The fourth-order valence-electron chi connectivity index (χ4n) is 6.26. The summed E-state index contributed by atoms with van der Waals surface area (Å²) in [7, 11) is 0. The van der Waals surface area contributed by atoms with Gasteiger partial charge in [0.15, 0.2) is 22.3 Å². The summed E-state index contributed by atoms with van der Waals surface area (Å²) >= 11 is 11.0. The Balaban J connectivity index is 2.12. The van der Waals surface area contributed by atoms with Crippen LogP contribution in [0.2, 0.25) is 0 Å². The molecule has 7 heteroatoms. The minimum atomic E-state index is -0.954. The summed E-state index contributed by atoms with van der Waals surface area (Å²) in [4.78, 5) is 0. The van der Waals surface area contributed by atoms with Gasteiger partial charge in [0.05, 0.1) is 13.2 Å². The molecule has 0 spiro atoms. The Hall–Kier alpha value is -0.340. The second-order valence-corrected chi connectivity index (χ2v) is 14.4. The van der Waals surface area contributed by atoms with Gasteiger partial charge in [-0.2, -0.15) is 0 Å². The quantitative estimate of drug-likeness (QED) is 0.0561. The molecule has 266 valence electrons. The van der Waals surface area contributed by atoms with Gasteiger partial charge in [-0.1, -0.05) is 168 Å². The first-order valence-electron chi connectivity index (χ1n) is 19.3. The summed E-state index contributed by atoms with van der Waals surface area (Å²) in [5.74, 6) is 0. The van der Waals surface area contributed by atoms with Gasteiger partial charge in [0, 0.05) is 12.8 Å². The lowest BCUT2D eigenvalue weighted by Crippen LogP contribution is -2.56. The molecule has 0 bridgehead atoms. The van der Waals surface area contributed by atoms with Crippen molar-refractivity contribution in [3.8, 4) is 0 Å². The highest BCUT2D eigenvalue weighted by Crippen LogP contribution is 2.24. The van der Waals surface area contributed by atoms with Crippen molar-refractivity contribution in [3.05, 3.63) is 0 Å². The largest absolute Gasteiger partial charge is 0.479 e. The lowest BCUT2D eigenvalue weighted by molar-refractivity contribution is -0.186. The highest BCUT2D eigenvalue weighted by molar-refractivity contribution is 7.80. The van der Waals surface area contributed by atoms with Gasteiger partial charge in [-0.15, -0.1) is 0 Å². The fraction of sp³-hybridized carbons (Fsp3) is 0.947. The predicted molar refractivity (Wildman–Crippen MR) is 198 cm³/mol. The molecule has 0 aliphatic carbocycles. The minimum absolute atomic E-state index is 0.177. The molecule has 0 aromatic heterocycles. The third kappa shape index (κ3) is 23.6. The van der Waals surface area contributed by atoms with E-state index >= 15 is 0 Å². The molecule has 1 heterocycles. The Morgan fingerprint density at radius 3 is 1.24 bits per heavy atom.